The van der Waals surface area contributed by atoms with Crippen LogP contribution in [-0.2, 0) is 6.42 Å². The molecule has 86 valence electrons. The van der Waals surface area contributed by atoms with Gasteiger partial charge >= 0.3 is 0 Å². The molecule has 1 unspecified atom stereocenters. The first kappa shape index (κ1) is 11.3. The Labute approximate surface area is 98.5 Å². The number of hydrogen-bond donors (Lipinski definition) is 1. The normalized spacial score (nSPS) is 12.9. The van der Waals surface area contributed by atoms with Crippen LogP contribution in [0, 0.1) is 0 Å². The number of rotatable bonds is 5. The quantitative estimate of drug-likeness (QED) is 0.865. The second kappa shape index (κ2) is 5.23. The fourth-order valence-electron chi connectivity index (χ4n) is 1.48. The van der Waals surface area contributed by atoms with Crippen molar-refractivity contribution in [3.63, 3.8) is 0 Å². The highest BCUT2D eigenvalue weighted by Crippen LogP contribution is 2.18. The van der Waals surface area contributed by atoms with Gasteiger partial charge in [0, 0.05) is 17.2 Å². The second-order valence-corrected chi connectivity index (χ2v) is 4.82. The first-order valence-corrected chi connectivity index (χ1v) is 6.22. The summed E-state index contributed by atoms with van der Waals surface area (Å²) in [6.45, 7) is 2.69. The summed E-state index contributed by atoms with van der Waals surface area (Å²) < 4.78 is 5.22. The van der Waals surface area contributed by atoms with Gasteiger partial charge in [-0.1, -0.05) is 18.1 Å². The highest BCUT2D eigenvalue weighted by Gasteiger charge is 2.13. The van der Waals surface area contributed by atoms with Crippen LogP contribution in [0.2, 0.25) is 0 Å². The van der Waals surface area contributed by atoms with Crippen molar-refractivity contribution in [1.82, 2.24) is 10.1 Å². The van der Waals surface area contributed by atoms with Crippen molar-refractivity contribution in [1.29, 1.82) is 0 Å². The summed E-state index contributed by atoms with van der Waals surface area (Å²) >= 11 is 1.70. The van der Waals surface area contributed by atoms with Gasteiger partial charge in [-0.15, -0.1) is 11.3 Å². The molecule has 0 aliphatic heterocycles. The Morgan fingerprint density at radius 2 is 2.44 bits per heavy atom. The molecule has 1 atom stereocenters. The highest BCUT2D eigenvalue weighted by molar-refractivity contribution is 7.09. The minimum Gasteiger partial charge on any atom is -0.339 e. The average Bonchev–Trinajstić information content (AvgIpc) is 2.90. The third-order valence-corrected chi connectivity index (χ3v) is 3.29. The molecule has 0 aromatic carbocycles. The Morgan fingerprint density at radius 3 is 3.12 bits per heavy atom. The van der Waals surface area contributed by atoms with Gasteiger partial charge in [-0.2, -0.15) is 4.98 Å². The zero-order chi connectivity index (χ0) is 11.4. The molecule has 0 saturated heterocycles. The van der Waals surface area contributed by atoms with Crippen LogP contribution < -0.4 is 5.73 Å². The van der Waals surface area contributed by atoms with Gasteiger partial charge in [-0.25, -0.2) is 0 Å². The summed E-state index contributed by atoms with van der Waals surface area (Å²) in [6, 6.07) is 4.10. The predicted molar refractivity (Wildman–Crippen MR) is 63.5 cm³/mol. The van der Waals surface area contributed by atoms with E-state index in [-0.39, 0.29) is 5.92 Å². The Balaban J connectivity index is 2.02. The zero-order valence-corrected chi connectivity index (χ0v) is 10.0. The van der Waals surface area contributed by atoms with Crippen LogP contribution in [-0.4, -0.2) is 16.7 Å². The first-order chi connectivity index (χ1) is 7.79. The third kappa shape index (κ3) is 2.68. The van der Waals surface area contributed by atoms with Gasteiger partial charge in [0.25, 0.3) is 0 Å². The summed E-state index contributed by atoms with van der Waals surface area (Å²) in [6.07, 6.45) is 1.62. The SMILES string of the molecule is CC(CCN)c1nc(Cc2cccs2)no1. The Bertz CT molecular complexity index is 424. The second-order valence-electron chi connectivity index (χ2n) is 3.78. The molecule has 2 aromatic rings. The van der Waals surface area contributed by atoms with Crippen molar-refractivity contribution < 1.29 is 4.52 Å². The maximum atomic E-state index is 5.50. The Hall–Kier alpha value is -1.20. The van der Waals surface area contributed by atoms with Gasteiger partial charge in [0.05, 0.1) is 0 Å². The smallest absolute Gasteiger partial charge is 0.229 e. The van der Waals surface area contributed by atoms with Crippen molar-refractivity contribution >= 4 is 11.3 Å². The maximum absolute atomic E-state index is 5.50. The van der Waals surface area contributed by atoms with Crippen LogP contribution in [0.3, 0.4) is 0 Å². The van der Waals surface area contributed by atoms with Crippen LogP contribution in [0.4, 0.5) is 0 Å². The van der Waals surface area contributed by atoms with E-state index in [0.717, 1.165) is 18.7 Å². The van der Waals surface area contributed by atoms with Gasteiger partial charge < -0.3 is 10.3 Å². The molecule has 4 nitrogen and oxygen atoms in total. The van der Waals surface area contributed by atoms with Crippen molar-refractivity contribution in [3.8, 4) is 0 Å². The number of thiophene rings is 1. The Morgan fingerprint density at radius 1 is 1.56 bits per heavy atom. The molecular formula is C11H15N3OS. The van der Waals surface area contributed by atoms with Gasteiger partial charge in [-0.05, 0) is 24.4 Å². The van der Waals surface area contributed by atoms with Gasteiger partial charge in [0.15, 0.2) is 5.82 Å². The van der Waals surface area contributed by atoms with Crippen molar-refractivity contribution in [2.24, 2.45) is 5.73 Å². The number of aromatic nitrogens is 2. The minimum atomic E-state index is 0.245. The summed E-state index contributed by atoms with van der Waals surface area (Å²) in [5.41, 5.74) is 5.50. The Kier molecular flexibility index (Phi) is 3.69. The fourth-order valence-corrected chi connectivity index (χ4v) is 2.18. The minimum absolute atomic E-state index is 0.245. The number of hydrogen-bond acceptors (Lipinski definition) is 5. The zero-order valence-electron chi connectivity index (χ0n) is 9.22. The lowest BCUT2D eigenvalue weighted by Gasteiger charge is -2.01. The van der Waals surface area contributed by atoms with E-state index in [1.807, 2.05) is 11.4 Å². The van der Waals surface area contributed by atoms with E-state index in [1.54, 1.807) is 11.3 Å². The lowest BCUT2D eigenvalue weighted by atomic mass is 10.1. The lowest BCUT2D eigenvalue weighted by Crippen LogP contribution is -2.04. The van der Waals surface area contributed by atoms with Crippen LogP contribution >= 0.6 is 11.3 Å². The molecule has 0 aliphatic rings. The molecule has 0 spiro atoms. The maximum Gasteiger partial charge on any atom is 0.229 e. The molecule has 0 aliphatic carbocycles. The van der Waals surface area contributed by atoms with Gasteiger partial charge in [0.1, 0.15) is 0 Å². The lowest BCUT2D eigenvalue weighted by molar-refractivity contribution is 0.351. The van der Waals surface area contributed by atoms with Crippen LogP contribution in [0.5, 0.6) is 0 Å². The highest BCUT2D eigenvalue weighted by atomic mass is 32.1. The summed E-state index contributed by atoms with van der Waals surface area (Å²) in [5.74, 6) is 1.69. The van der Waals surface area contributed by atoms with E-state index in [0.29, 0.717) is 12.4 Å². The van der Waals surface area contributed by atoms with Gasteiger partial charge in [0.2, 0.25) is 5.89 Å². The topological polar surface area (TPSA) is 64.9 Å². The van der Waals surface area contributed by atoms with E-state index in [4.69, 9.17) is 10.3 Å². The van der Waals surface area contributed by atoms with E-state index < -0.39 is 0 Å². The molecular weight excluding hydrogens is 222 g/mol. The average molecular weight is 237 g/mol. The number of nitrogens with two attached hydrogens (primary N) is 1. The predicted octanol–water partition coefficient (Wildman–Crippen LogP) is 2.17. The molecule has 5 heteroatoms. The first-order valence-electron chi connectivity index (χ1n) is 5.34. The van der Waals surface area contributed by atoms with Crippen LogP contribution in [0.25, 0.3) is 0 Å². The summed E-state index contributed by atoms with van der Waals surface area (Å²) in [7, 11) is 0. The standard InChI is InChI=1S/C11H15N3OS/c1-8(4-5-12)11-13-10(14-15-11)7-9-3-2-6-16-9/h2-3,6,8H,4-5,7,12H2,1H3. The largest absolute Gasteiger partial charge is 0.339 e. The molecule has 2 N–H and O–H groups in total. The van der Waals surface area contributed by atoms with E-state index in [9.17, 15) is 0 Å². The van der Waals surface area contributed by atoms with Gasteiger partial charge in [-0.3, -0.25) is 0 Å². The summed E-state index contributed by atoms with van der Waals surface area (Å²) in [5, 5.41) is 6.02. The molecule has 0 radical (unpaired) electrons. The molecule has 2 aromatic heterocycles. The van der Waals surface area contributed by atoms with E-state index >= 15 is 0 Å². The van der Waals surface area contributed by atoms with Crippen LogP contribution in [0.15, 0.2) is 22.0 Å². The monoisotopic (exact) mass is 237 g/mol. The van der Waals surface area contributed by atoms with Crippen molar-refractivity contribution in [2.45, 2.75) is 25.7 Å². The van der Waals surface area contributed by atoms with Crippen molar-refractivity contribution in [2.75, 3.05) is 6.54 Å². The van der Waals surface area contributed by atoms with Crippen LogP contribution in [0.1, 0.15) is 35.9 Å². The molecule has 0 bridgehead atoms. The molecule has 0 saturated carbocycles. The third-order valence-electron chi connectivity index (χ3n) is 2.42. The summed E-state index contributed by atoms with van der Waals surface area (Å²) in [4.78, 5) is 5.63. The number of nitrogens with zero attached hydrogens (tertiary/aromatic N) is 2. The molecule has 2 heterocycles. The molecule has 16 heavy (non-hydrogen) atoms. The molecule has 0 amide bonds. The van der Waals surface area contributed by atoms with E-state index in [1.165, 1.54) is 4.88 Å². The van der Waals surface area contributed by atoms with E-state index in [2.05, 4.69) is 23.1 Å². The van der Waals surface area contributed by atoms with Crippen molar-refractivity contribution in [3.05, 3.63) is 34.1 Å². The fraction of sp³-hybridized carbons (Fsp3) is 0.455. The molecule has 2 rings (SSSR count). The molecule has 0 fully saturated rings.